The number of nitrogens with zero attached hydrogens (tertiary/aromatic N) is 2. The van der Waals surface area contributed by atoms with E-state index >= 15 is 0 Å². The summed E-state index contributed by atoms with van der Waals surface area (Å²) in [5.41, 5.74) is 2.00. The van der Waals surface area contributed by atoms with Crippen LogP contribution in [0.4, 0.5) is 11.4 Å². The molecule has 0 aliphatic heterocycles. The number of aryl methyl sites for hydroxylation is 2. The van der Waals surface area contributed by atoms with Crippen molar-refractivity contribution >= 4 is 22.7 Å². The van der Waals surface area contributed by atoms with Gasteiger partial charge in [-0.15, -0.1) is 11.3 Å². The van der Waals surface area contributed by atoms with Gasteiger partial charge < -0.3 is 5.32 Å². The van der Waals surface area contributed by atoms with Gasteiger partial charge in [0.1, 0.15) is 0 Å². The van der Waals surface area contributed by atoms with Crippen LogP contribution in [-0.2, 0) is 0 Å². The highest BCUT2D eigenvalue weighted by molar-refractivity contribution is 7.11. The van der Waals surface area contributed by atoms with Crippen LogP contribution in [0.2, 0.25) is 0 Å². The molecule has 6 heteroatoms. The summed E-state index contributed by atoms with van der Waals surface area (Å²) in [7, 11) is 0. The van der Waals surface area contributed by atoms with Gasteiger partial charge in [0.15, 0.2) is 0 Å². The zero-order chi connectivity index (χ0) is 14.0. The van der Waals surface area contributed by atoms with Crippen molar-refractivity contribution in [3.63, 3.8) is 0 Å². The van der Waals surface area contributed by atoms with Crippen molar-refractivity contribution in [3.05, 3.63) is 50.0 Å². The number of thiazole rings is 1. The Morgan fingerprint density at radius 1 is 1.32 bits per heavy atom. The maximum atomic E-state index is 10.6. The van der Waals surface area contributed by atoms with E-state index in [1.807, 2.05) is 13.8 Å². The topological polar surface area (TPSA) is 68.1 Å². The van der Waals surface area contributed by atoms with Crippen LogP contribution in [0.3, 0.4) is 0 Å². The van der Waals surface area contributed by atoms with Gasteiger partial charge in [0.2, 0.25) is 0 Å². The number of anilines is 1. The summed E-state index contributed by atoms with van der Waals surface area (Å²) < 4.78 is 0. The molecule has 0 aliphatic carbocycles. The highest BCUT2D eigenvalue weighted by atomic mass is 32.1. The van der Waals surface area contributed by atoms with Crippen molar-refractivity contribution in [1.82, 2.24) is 4.98 Å². The lowest BCUT2D eigenvalue weighted by Gasteiger charge is -2.14. The van der Waals surface area contributed by atoms with Crippen LogP contribution >= 0.6 is 11.3 Å². The lowest BCUT2D eigenvalue weighted by molar-refractivity contribution is -0.384. The molecule has 5 nitrogen and oxygen atoms in total. The summed E-state index contributed by atoms with van der Waals surface area (Å²) in [6.07, 6.45) is 0. The quantitative estimate of drug-likeness (QED) is 0.681. The molecule has 0 aliphatic rings. The largest absolute Gasteiger partial charge is 0.378 e. The first kappa shape index (κ1) is 13.5. The average molecular weight is 277 g/mol. The van der Waals surface area contributed by atoms with E-state index in [0.29, 0.717) is 0 Å². The van der Waals surface area contributed by atoms with Crippen LogP contribution in [0.5, 0.6) is 0 Å². The Balaban J connectivity index is 2.12. The molecule has 1 aromatic carbocycles. The Bertz CT molecular complexity index is 592. The fourth-order valence-corrected chi connectivity index (χ4v) is 2.87. The van der Waals surface area contributed by atoms with Crippen molar-refractivity contribution < 1.29 is 4.92 Å². The van der Waals surface area contributed by atoms with E-state index in [9.17, 15) is 10.1 Å². The van der Waals surface area contributed by atoms with Gasteiger partial charge in [0.05, 0.1) is 21.7 Å². The highest BCUT2D eigenvalue weighted by Gasteiger charge is 2.13. The Labute approximate surface area is 115 Å². The number of rotatable bonds is 4. The number of hydrogen-bond donors (Lipinski definition) is 1. The molecule has 19 heavy (non-hydrogen) atoms. The average Bonchev–Trinajstić information content (AvgIpc) is 2.69. The van der Waals surface area contributed by atoms with Crippen LogP contribution in [0, 0.1) is 24.0 Å². The van der Waals surface area contributed by atoms with Gasteiger partial charge in [-0.25, -0.2) is 4.98 Å². The maximum Gasteiger partial charge on any atom is 0.269 e. The van der Waals surface area contributed by atoms with E-state index in [1.165, 1.54) is 17.0 Å². The predicted molar refractivity (Wildman–Crippen MR) is 76.7 cm³/mol. The molecule has 1 atom stereocenters. The third-order valence-electron chi connectivity index (χ3n) is 2.79. The van der Waals surface area contributed by atoms with Gasteiger partial charge in [-0.2, -0.15) is 0 Å². The van der Waals surface area contributed by atoms with Crippen LogP contribution in [0.15, 0.2) is 24.3 Å². The van der Waals surface area contributed by atoms with Crippen molar-refractivity contribution in [1.29, 1.82) is 0 Å². The van der Waals surface area contributed by atoms with E-state index in [4.69, 9.17) is 0 Å². The number of nitrogens with one attached hydrogen (secondary N) is 1. The SMILES string of the molecule is Cc1nc(C)c(C(C)Nc2ccc([N+](=O)[O-])cc2)s1. The molecule has 0 fully saturated rings. The van der Waals surface area contributed by atoms with Gasteiger partial charge in [0, 0.05) is 22.7 Å². The van der Waals surface area contributed by atoms with Gasteiger partial charge in [-0.05, 0) is 32.9 Å². The zero-order valence-corrected chi connectivity index (χ0v) is 11.8. The number of benzene rings is 1. The number of nitro benzene ring substituents is 1. The molecule has 1 unspecified atom stereocenters. The number of hydrogen-bond acceptors (Lipinski definition) is 5. The molecule has 0 amide bonds. The molecule has 1 heterocycles. The van der Waals surface area contributed by atoms with Crippen LogP contribution in [-0.4, -0.2) is 9.91 Å². The molecule has 0 saturated carbocycles. The fourth-order valence-electron chi connectivity index (χ4n) is 1.94. The summed E-state index contributed by atoms with van der Waals surface area (Å²) >= 11 is 1.67. The van der Waals surface area contributed by atoms with Crippen LogP contribution in [0.1, 0.15) is 28.5 Å². The Hall–Kier alpha value is -1.95. The molecule has 0 bridgehead atoms. The Morgan fingerprint density at radius 3 is 2.42 bits per heavy atom. The molecular formula is C13H15N3O2S. The zero-order valence-electron chi connectivity index (χ0n) is 11.0. The molecule has 100 valence electrons. The monoisotopic (exact) mass is 277 g/mol. The summed E-state index contributed by atoms with van der Waals surface area (Å²) in [5.74, 6) is 0. The number of aromatic nitrogens is 1. The fraction of sp³-hybridized carbons (Fsp3) is 0.308. The second-order valence-electron chi connectivity index (χ2n) is 4.35. The first-order valence-corrected chi connectivity index (χ1v) is 6.74. The maximum absolute atomic E-state index is 10.6. The predicted octanol–water partition coefficient (Wildman–Crippen LogP) is 3.84. The van der Waals surface area contributed by atoms with E-state index in [0.717, 1.165) is 16.4 Å². The van der Waals surface area contributed by atoms with Gasteiger partial charge in [-0.3, -0.25) is 10.1 Å². The van der Waals surface area contributed by atoms with Gasteiger partial charge in [-0.1, -0.05) is 0 Å². The number of non-ortho nitro benzene ring substituents is 1. The second kappa shape index (κ2) is 5.36. The second-order valence-corrected chi connectivity index (χ2v) is 5.59. The molecule has 2 aromatic rings. The molecular weight excluding hydrogens is 262 g/mol. The summed E-state index contributed by atoms with van der Waals surface area (Å²) in [6.45, 7) is 6.04. The first-order valence-electron chi connectivity index (χ1n) is 5.92. The lowest BCUT2D eigenvalue weighted by Crippen LogP contribution is -2.06. The minimum atomic E-state index is -0.399. The van der Waals surface area contributed by atoms with Gasteiger partial charge >= 0.3 is 0 Å². The Kier molecular flexibility index (Phi) is 3.80. The molecule has 1 aromatic heterocycles. The molecule has 0 spiro atoms. The van der Waals surface area contributed by atoms with E-state index in [2.05, 4.69) is 17.2 Å². The molecule has 0 radical (unpaired) electrons. The standard InChI is InChI=1S/C13H15N3O2S/c1-8-13(19-10(3)14-8)9(2)15-11-4-6-12(7-5-11)16(17)18/h4-7,9,15H,1-3H3. The van der Waals surface area contributed by atoms with Gasteiger partial charge in [0.25, 0.3) is 5.69 Å². The van der Waals surface area contributed by atoms with Crippen LogP contribution in [0.25, 0.3) is 0 Å². The molecule has 0 saturated heterocycles. The van der Waals surface area contributed by atoms with E-state index < -0.39 is 4.92 Å². The van der Waals surface area contributed by atoms with E-state index in [1.54, 1.807) is 23.5 Å². The van der Waals surface area contributed by atoms with Crippen molar-refractivity contribution in [2.45, 2.75) is 26.8 Å². The molecule has 2 rings (SSSR count). The lowest BCUT2D eigenvalue weighted by atomic mass is 10.2. The Morgan fingerprint density at radius 2 is 1.95 bits per heavy atom. The summed E-state index contributed by atoms with van der Waals surface area (Å²) in [4.78, 5) is 15.8. The third kappa shape index (κ3) is 3.08. The van der Waals surface area contributed by atoms with E-state index in [-0.39, 0.29) is 11.7 Å². The van der Waals surface area contributed by atoms with Crippen molar-refractivity contribution in [2.24, 2.45) is 0 Å². The first-order chi connectivity index (χ1) is 8.97. The van der Waals surface area contributed by atoms with Crippen molar-refractivity contribution in [3.8, 4) is 0 Å². The summed E-state index contributed by atoms with van der Waals surface area (Å²) in [6, 6.07) is 6.57. The highest BCUT2D eigenvalue weighted by Crippen LogP contribution is 2.28. The molecule has 1 N–H and O–H groups in total. The minimum Gasteiger partial charge on any atom is -0.378 e. The third-order valence-corrected chi connectivity index (χ3v) is 4.05. The number of nitro groups is 1. The smallest absolute Gasteiger partial charge is 0.269 e. The normalized spacial score (nSPS) is 12.2. The van der Waals surface area contributed by atoms with Crippen molar-refractivity contribution in [2.75, 3.05) is 5.32 Å². The minimum absolute atomic E-state index is 0.100. The van der Waals surface area contributed by atoms with Crippen LogP contribution < -0.4 is 5.32 Å². The summed E-state index contributed by atoms with van der Waals surface area (Å²) in [5, 5.41) is 15.0.